The summed E-state index contributed by atoms with van der Waals surface area (Å²) in [5.74, 6) is 1.30. The minimum Gasteiger partial charge on any atom is -0.319 e. The van der Waals surface area contributed by atoms with Crippen LogP contribution >= 0.6 is 0 Å². The number of rotatable bonds is 6. The minimum absolute atomic E-state index is 0.0532. The largest absolute Gasteiger partial charge is 0.319 e. The van der Waals surface area contributed by atoms with Gasteiger partial charge < -0.3 is 4.57 Å². The lowest BCUT2D eigenvalue weighted by molar-refractivity contribution is 0.111. The topological polar surface area (TPSA) is 135 Å². The summed E-state index contributed by atoms with van der Waals surface area (Å²) in [6.45, 7) is 4.43. The minimum atomic E-state index is -0.374. The highest BCUT2D eigenvalue weighted by Gasteiger charge is 2.20. The lowest BCUT2D eigenvalue weighted by atomic mass is 9.98. The van der Waals surface area contributed by atoms with Crippen LogP contribution in [-0.4, -0.2) is 46.7 Å². The molecule has 0 spiro atoms. The number of carbonyl (C=O) groups is 1. The molecule has 0 amide bonds. The van der Waals surface area contributed by atoms with Gasteiger partial charge in [0.05, 0.1) is 0 Å². The number of aromatic amines is 2. The Hall–Kier alpha value is -4.47. The summed E-state index contributed by atoms with van der Waals surface area (Å²) in [5, 5.41) is 20.6. The number of H-pyrrole nitrogens is 2. The van der Waals surface area contributed by atoms with Gasteiger partial charge in [-0.1, -0.05) is 62.4 Å². The zero-order valence-corrected chi connectivity index (χ0v) is 18.0. The first kappa shape index (κ1) is 20.4. The first-order valence-electron chi connectivity index (χ1n) is 10.4. The molecule has 10 heteroatoms. The maximum atomic E-state index is 12.6. The number of benzene rings is 2. The summed E-state index contributed by atoms with van der Waals surface area (Å²) >= 11 is 0. The van der Waals surface area contributed by atoms with Crippen molar-refractivity contribution in [2.75, 3.05) is 0 Å². The zero-order chi connectivity index (χ0) is 22.9. The number of nitrogens with one attached hydrogen (secondary N) is 2. The van der Waals surface area contributed by atoms with Gasteiger partial charge in [0.2, 0.25) is 5.82 Å². The highest BCUT2D eigenvalue weighted by molar-refractivity contribution is 5.91. The molecule has 0 aliphatic carbocycles. The van der Waals surface area contributed by atoms with Crippen LogP contribution in [0, 0.1) is 0 Å². The maximum absolute atomic E-state index is 12.6. The van der Waals surface area contributed by atoms with Crippen molar-refractivity contribution in [3.8, 4) is 22.5 Å². The predicted molar refractivity (Wildman–Crippen MR) is 122 cm³/mol. The molecule has 0 saturated carbocycles. The number of tetrazole rings is 1. The monoisotopic (exact) mass is 440 g/mol. The number of nitrogens with zero attached hydrogens (tertiary/aromatic N) is 6. The van der Waals surface area contributed by atoms with E-state index >= 15 is 0 Å². The third-order valence-electron chi connectivity index (χ3n) is 5.48. The van der Waals surface area contributed by atoms with Crippen molar-refractivity contribution in [3.05, 3.63) is 76.0 Å². The normalized spacial score (nSPS) is 11.4. The van der Waals surface area contributed by atoms with E-state index in [0.29, 0.717) is 29.7 Å². The average Bonchev–Trinajstić information content (AvgIpc) is 3.49. The molecule has 0 atom stereocenters. The molecule has 3 aromatic heterocycles. The van der Waals surface area contributed by atoms with E-state index in [9.17, 15) is 9.59 Å². The second-order valence-electron chi connectivity index (χ2n) is 7.94. The Kier molecular flexibility index (Phi) is 5.09. The number of hydrogen-bond acceptors (Lipinski definition) is 7. The Labute approximate surface area is 187 Å². The second kappa shape index (κ2) is 8.23. The summed E-state index contributed by atoms with van der Waals surface area (Å²) in [5.41, 5.74) is 4.27. The molecular weight excluding hydrogens is 420 g/mol. The van der Waals surface area contributed by atoms with Gasteiger partial charge >= 0.3 is 0 Å². The molecular formula is C23H20N8O2. The molecule has 3 heterocycles. The SMILES string of the molecule is CC(C)c1nc2c(C=O)n[nH]c(=O)c2n1Cc1ccc(-c2ccccc2-c2nn[nH]n2)cc1. The number of aromatic nitrogens is 8. The van der Waals surface area contributed by atoms with Gasteiger partial charge in [-0.2, -0.15) is 10.3 Å². The van der Waals surface area contributed by atoms with Gasteiger partial charge in [0.1, 0.15) is 16.9 Å². The van der Waals surface area contributed by atoms with Crippen LogP contribution in [0.4, 0.5) is 0 Å². The number of aldehydes is 1. The van der Waals surface area contributed by atoms with Crippen molar-refractivity contribution in [2.24, 2.45) is 0 Å². The van der Waals surface area contributed by atoms with Gasteiger partial charge in [0, 0.05) is 18.0 Å². The van der Waals surface area contributed by atoms with Gasteiger partial charge in [0.25, 0.3) is 5.56 Å². The summed E-state index contributed by atoms with van der Waals surface area (Å²) in [4.78, 5) is 28.6. The molecule has 33 heavy (non-hydrogen) atoms. The molecule has 10 nitrogen and oxygen atoms in total. The van der Waals surface area contributed by atoms with E-state index in [0.717, 1.165) is 28.1 Å². The molecule has 0 bridgehead atoms. The third kappa shape index (κ3) is 3.61. The quantitative estimate of drug-likeness (QED) is 0.388. The number of hydrogen-bond donors (Lipinski definition) is 2. The van der Waals surface area contributed by atoms with Crippen molar-refractivity contribution >= 4 is 17.3 Å². The molecule has 0 aliphatic rings. The third-order valence-corrected chi connectivity index (χ3v) is 5.48. The van der Waals surface area contributed by atoms with Crippen LogP contribution in [0.15, 0.2) is 53.3 Å². The fourth-order valence-electron chi connectivity index (χ4n) is 3.96. The van der Waals surface area contributed by atoms with Gasteiger partial charge in [-0.15, -0.1) is 10.2 Å². The van der Waals surface area contributed by atoms with Crippen LogP contribution in [0.3, 0.4) is 0 Å². The van der Waals surface area contributed by atoms with Crippen LogP contribution in [0.2, 0.25) is 0 Å². The average molecular weight is 440 g/mol. The van der Waals surface area contributed by atoms with Crippen LogP contribution in [0.25, 0.3) is 33.5 Å². The Balaban J connectivity index is 1.55. The van der Waals surface area contributed by atoms with Crippen molar-refractivity contribution in [1.29, 1.82) is 0 Å². The smallest absolute Gasteiger partial charge is 0.290 e. The molecule has 5 aromatic rings. The van der Waals surface area contributed by atoms with Crippen molar-refractivity contribution < 1.29 is 4.79 Å². The van der Waals surface area contributed by atoms with Gasteiger partial charge in [0.15, 0.2) is 12.0 Å². The summed E-state index contributed by atoms with van der Waals surface area (Å²) < 4.78 is 1.86. The van der Waals surface area contributed by atoms with Gasteiger partial charge in [-0.05, 0) is 21.9 Å². The Bertz CT molecular complexity index is 1500. The molecule has 2 N–H and O–H groups in total. The molecule has 5 rings (SSSR count). The van der Waals surface area contributed by atoms with E-state index in [1.807, 2.05) is 66.9 Å². The number of fused-ring (bicyclic) bond motifs is 1. The van der Waals surface area contributed by atoms with Gasteiger partial charge in [-0.3, -0.25) is 9.59 Å². The molecule has 0 saturated heterocycles. The van der Waals surface area contributed by atoms with Crippen molar-refractivity contribution in [3.63, 3.8) is 0 Å². The number of carbonyl (C=O) groups excluding carboxylic acids is 1. The molecule has 0 fully saturated rings. The molecule has 0 aliphatic heterocycles. The molecule has 0 unspecified atom stereocenters. The molecule has 2 aromatic carbocycles. The lowest BCUT2D eigenvalue weighted by Gasteiger charge is -2.12. The summed E-state index contributed by atoms with van der Waals surface area (Å²) in [6.07, 6.45) is 0.607. The summed E-state index contributed by atoms with van der Waals surface area (Å²) in [7, 11) is 0. The fraction of sp³-hybridized carbons (Fsp3) is 0.174. The first-order valence-corrected chi connectivity index (χ1v) is 10.4. The number of imidazole rings is 1. The first-order chi connectivity index (χ1) is 16.1. The van der Waals surface area contributed by atoms with Gasteiger partial charge in [-0.25, -0.2) is 10.1 Å². The van der Waals surface area contributed by atoms with Crippen molar-refractivity contribution in [2.45, 2.75) is 26.3 Å². The maximum Gasteiger partial charge on any atom is 0.290 e. The van der Waals surface area contributed by atoms with Crippen LogP contribution in [0.1, 0.15) is 41.6 Å². The predicted octanol–water partition coefficient (Wildman–Crippen LogP) is 2.95. The standard InChI is InChI=1S/C23H20N8O2/c1-13(2)22-24-19-18(12-32)25-28-23(33)20(19)31(22)11-14-7-9-15(10-8-14)16-5-3-4-6-17(16)21-26-29-30-27-21/h3-10,12-13H,11H2,1-2H3,(H,28,33)(H,26,27,29,30). The Morgan fingerprint density at radius 2 is 1.79 bits per heavy atom. The highest BCUT2D eigenvalue weighted by atomic mass is 16.1. The van der Waals surface area contributed by atoms with Crippen LogP contribution in [0.5, 0.6) is 0 Å². The van der Waals surface area contributed by atoms with E-state index in [4.69, 9.17) is 0 Å². The van der Waals surface area contributed by atoms with E-state index in [2.05, 4.69) is 35.8 Å². The van der Waals surface area contributed by atoms with E-state index in [-0.39, 0.29) is 17.2 Å². The second-order valence-corrected chi connectivity index (χ2v) is 7.94. The Morgan fingerprint density at radius 1 is 1.03 bits per heavy atom. The highest BCUT2D eigenvalue weighted by Crippen LogP contribution is 2.30. The Morgan fingerprint density at radius 3 is 2.45 bits per heavy atom. The fourth-order valence-corrected chi connectivity index (χ4v) is 3.96. The van der Waals surface area contributed by atoms with Crippen LogP contribution < -0.4 is 5.56 Å². The lowest BCUT2D eigenvalue weighted by Crippen LogP contribution is -2.16. The summed E-state index contributed by atoms with van der Waals surface area (Å²) in [6, 6.07) is 15.9. The zero-order valence-electron chi connectivity index (χ0n) is 18.0. The van der Waals surface area contributed by atoms with E-state index in [1.54, 1.807) is 0 Å². The van der Waals surface area contributed by atoms with E-state index in [1.165, 1.54) is 0 Å². The van der Waals surface area contributed by atoms with E-state index < -0.39 is 0 Å². The molecule has 164 valence electrons. The molecule has 0 radical (unpaired) electrons. The van der Waals surface area contributed by atoms with Crippen LogP contribution in [-0.2, 0) is 6.54 Å². The van der Waals surface area contributed by atoms with Crippen molar-refractivity contribution in [1.82, 2.24) is 40.4 Å².